The number of nitrogens with two attached hydrogens (primary N) is 1. The van der Waals surface area contributed by atoms with Crippen molar-refractivity contribution in [1.82, 2.24) is 15.0 Å². The number of hydrogen-bond acceptors (Lipinski definition) is 4. The lowest BCUT2D eigenvalue weighted by molar-refractivity contribution is 0.500. The van der Waals surface area contributed by atoms with Crippen LogP contribution in [0.3, 0.4) is 0 Å². The Morgan fingerprint density at radius 1 is 1.07 bits per heavy atom. The van der Waals surface area contributed by atoms with Crippen LogP contribution in [0.4, 0.5) is 5.69 Å². The highest BCUT2D eigenvalue weighted by Crippen LogP contribution is 2.47. The van der Waals surface area contributed by atoms with E-state index in [2.05, 4.69) is 47.0 Å². The van der Waals surface area contributed by atoms with Crippen LogP contribution >= 0.6 is 0 Å². The number of pyridine rings is 1. The number of piperidine rings is 1. The first-order chi connectivity index (χ1) is 13.1. The molecular formula is C22H27N5. The number of aryl methyl sites for hydroxylation is 2. The Kier molecular flexibility index (Phi) is 3.93. The van der Waals surface area contributed by atoms with Gasteiger partial charge in [-0.05, 0) is 68.2 Å². The summed E-state index contributed by atoms with van der Waals surface area (Å²) < 4.78 is 0. The third-order valence-electron chi connectivity index (χ3n) is 6.00. The lowest BCUT2D eigenvalue weighted by atomic mass is 10.0. The molecule has 27 heavy (non-hydrogen) atoms. The van der Waals surface area contributed by atoms with Crippen LogP contribution in [0, 0.1) is 13.8 Å². The molecule has 5 nitrogen and oxygen atoms in total. The third-order valence-corrected chi connectivity index (χ3v) is 6.00. The van der Waals surface area contributed by atoms with Crippen LogP contribution in [-0.4, -0.2) is 34.1 Å². The van der Waals surface area contributed by atoms with E-state index in [4.69, 9.17) is 10.7 Å². The van der Waals surface area contributed by atoms with Crippen molar-refractivity contribution in [3.63, 3.8) is 0 Å². The lowest BCUT2D eigenvalue weighted by Gasteiger charge is -2.34. The van der Waals surface area contributed by atoms with Crippen LogP contribution in [0.1, 0.15) is 48.3 Å². The first kappa shape index (κ1) is 16.8. The Labute approximate surface area is 160 Å². The largest absolute Gasteiger partial charge is 0.370 e. The Morgan fingerprint density at radius 3 is 2.59 bits per heavy atom. The second-order valence-electron chi connectivity index (χ2n) is 8.29. The third kappa shape index (κ3) is 3.00. The molecule has 2 aromatic heterocycles. The Balaban J connectivity index is 1.66. The molecule has 1 aliphatic carbocycles. The van der Waals surface area contributed by atoms with E-state index < -0.39 is 0 Å². The predicted molar refractivity (Wildman–Crippen MR) is 110 cm³/mol. The van der Waals surface area contributed by atoms with Crippen LogP contribution in [0.5, 0.6) is 0 Å². The Hall–Kier alpha value is -2.40. The fourth-order valence-corrected chi connectivity index (χ4v) is 4.41. The van der Waals surface area contributed by atoms with Gasteiger partial charge in [-0.2, -0.15) is 0 Å². The number of anilines is 1. The average Bonchev–Trinajstić information content (AvgIpc) is 3.41. The van der Waals surface area contributed by atoms with E-state index in [9.17, 15) is 0 Å². The van der Waals surface area contributed by atoms with Gasteiger partial charge >= 0.3 is 0 Å². The molecule has 5 rings (SSSR count). The molecule has 1 saturated heterocycles. The van der Waals surface area contributed by atoms with Gasteiger partial charge in [-0.15, -0.1) is 0 Å². The highest BCUT2D eigenvalue weighted by Gasteiger charge is 2.31. The summed E-state index contributed by atoms with van der Waals surface area (Å²) in [4.78, 5) is 15.6. The summed E-state index contributed by atoms with van der Waals surface area (Å²) in [5.41, 5.74) is 14.6. The Bertz CT molecular complexity index is 993. The molecule has 3 heterocycles. The van der Waals surface area contributed by atoms with Crippen molar-refractivity contribution in [2.24, 2.45) is 5.73 Å². The summed E-state index contributed by atoms with van der Waals surface area (Å²) in [5, 5.41) is 0. The first-order valence-corrected chi connectivity index (χ1v) is 10.1. The zero-order valence-corrected chi connectivity index (χ0v) is 16.1. The van der Waals surface area contributed by atoms with Gasteiger partial charge in [-0.25, -0.2) is 4.98 Å². The molecule has 0 spiro atoms. The van der Waals surface area contributed by atoms with E-state index in [1.165, 1.54) is 35.2 Å². The number of nitrogens with one attached hydrogen (secondary N) is 1. The topological polar surface area (TPSA) is 70.8 Å². The second kappa shape index (κ2) is 6.34. The molecule has 0 amide bonds. The molecule has 1 saturated carbocycles. The Morgan fingerprint density at radius 2 is 1.85 bits per heavy atom. The van der Waals surface area contributed by atoms with Gasteiger partial charge in [-0.3, -0.25) is 4.98 Å². The number of fused-ring (bicyclic) bond motifs is 1. The molecular weight excluding hydrogens is 334 g/mol. The number of aromatic nitrogens is 3. The maximum absolute atomic E-state index is 6.16. The number of nitrogens with zero attached hydrogens (tertiary/aromatic N) is 3. The van der Waals surface area contributed by atoms with Crippen molar-refractivity contribution >= 4 is 16.7 Å². The molecule has 1 aromatic carbocycles. The minimum atomic E-state index is 0.327. The van der Waals surface area contributed by atoms with Crippen molar-refractivity contribution in [1.29, 1.82) is 0 Å². The lowest BCUT2D eigenvalue weighted by Crippen LogP contribution is -2.40. The van der Waals surface area contributed by atoms with E-state index in [0.717, 1.165) is 48.4 Å². The van der Waals surface area contributed by atoms with Gasteiger partial charge in [0.15, 0.2) is 0 Å². The fraction of sp³-hybridized carbons (Fsp3) is 0.455. The van der Waals surface area contributed by atoms with E-state index in [0.29, 0.717) is 12.0 Å². The van der Waals surface area contributed by atoms with Gasteiger partial charge in [0.1, 0.15) is 5.82 Å². The zero-order chi connectivity index (χ0) is 18.5. The van der Waals surface area contributed by atoms with Gasteiger partial charge in [0, 0.05) is 31.5 Å². The van der Waals surface area contributed by atoms with E-state index in [-0.39, 0.29) is 0 Å². The van der Waals surface area contributed by atoms with Crippen molar-refractivity contribution in [3.8, 4) is 11.4 Å². The summed E-state index contributed by atoms with van der Waals surface area (Å²) in [6.45, 7) is 6.28. The number of aromatic amines is 1. The predicted octanol–water partition coefficient (Wildman–Crippen LogP) is 4.05. The van der Waals surface area contributed by atoms with Gasteiger partial charge in [0.2, 0.25) is 0 Å². The van der Waals surface area contributed by atoms with E-state index >= 15 is 0 Å². The quantitative estimate of drug-likeness (QED) is 0.738. The monoisotopic (exact) mass is 361 g/mol. The van der Waals surface area contributed by atoms with Crippen LogP contribution in [-0.2, 0) is 0 Å². The van der Waals surface area contributed by atoms with Crippen LogP contribution in [0.25, 0.3) is 22.4 Å². The van der Waals surface area contributed by atoms with Gasteiger partial charge in [0.25, 0.3) is 0 Å². The maximum Gasteiger partial charge on any atom is 0.142 e. The summed E-state index contributed by atoms with van der Waals surface area (Å²) >= 11 is 0. The summed E-state index contributed by atoms with van der Waals surface area (Å²) in [6.07, 6.45) is 8.68. The molecule has 1 aliphatic heterocycles. The average molecular weight is 361 g/mol. The summed E-state index contributed by atoms with van der Waals surface area (Å²) in [6, 6.07) is 4.70. The second-order valence-corrected chi connectivity index (χ2v) is 8.29. The maximum atomic E-state index is 6.16. The van der Waals surface area contributed by atoms with Gasteiger partial charge in [-0.1, -0.05) is 6.07 Å². The molecule has 0 radical (unpaired) electrons. The number of benzene rings is 1. The minimum Gasteiger partial charge on any atom is -0.370 e. The van der Waals surface area contributed by atoms with Gasteiger partial charge < -0.3 is 15.6 Å². The molecule has 3 N–H and O–H groups in total. The van der Waals surface area contributed by atoms with Crippen LogP contribution in [0.15, 0.2) is 24.5 Å². The van der Waals surface area contributed by atoms with E-state index in [1.807, 2.05) is 6.20 Å². The normalized spacial score (nSPS) is 18.4. The van der Waals surface area contributed by atoms with Crippen molar-refractivity contribution in [3.05, 3.63) is 41.2 Å². The molecule has 0 unspecified atom stereocenters. The number of rotatable bonds is 3. The zero-order valence-electron chi connectivity index (χ0n) is 16.1. The van der Waals surface area contributed by atoms with Crippen molar-refractivity contribution in [2.75, 3.05) is 18.0 Å². The van der Waals surface area contributed by atoms with Gasteiger partial charge in [0.05, 0.1) is 22.3 Å². The molecule has 3 aromatic rings. The fourth-order valence-electron chi connectivity index (χ4n) is 4.41. The minimum absolute atomic E-state index is 0.327. The van der Waals surface area contributed by atoms with E-state index in [1.54, 1.807) is 0 Å². The molecule has 2 aliphatic rings. The number of imidazole rings is 1. The summed E-state index contributed by atoms with van der Waals surface area (Å²) in [5.74, 6) is 1.58. The molecule has 0 bridgehead atoms. The standard InChI is InChI=1S/C22H27N5/c1-13-9-14(2)20-19(10-13)25-22(26-20)18-12-24-11-17(15-3-4-15)21(18)27-7-5-16(23)6-8-27/h9-12,15-16H,3-8,23H2,1-2H3,(H,25,26). The van der Waals surface area contributed by atoms with Crippen LogP contribution in [0.2, 0.25) is 0 Å². The highest BCUT2D eigenvalue weighted by atomic mass is 15.2. The number of hydrogen-bond donors (Lipinski definition) is 2. The highest BCUT2D eigenvalue weighted by molar-refractivity contribution is 5.86. The first-order valence-electron chi connectivity index (χ1n) is 10.1. The molecule has 5 heteroatoms. The molecule has 2 fully saturated rings. The van der Waals surface area contributed by atoms with Crippen LogP contribution < -0.4 is 10.6 Å². The molecule has 140 valence electrons. The smallest absolute Gasteiger partial charge is 0.142 e. The SMILES string of the molecule is Cc1cc(C)c2nc(-c3cncc(C4CC4)c3N3CCC(N)CC3)[nH]c2c1. The summed E-state index contributed by atoms with van der Waals surface area (Å²) in [7, 11) is 0. The van der Waals surface area contributed by atoms with Crippen molar-refractivity contribution < 1.29 is 0 Å². The molecule has 0 atom stereocenters. The van der Waals surface area contributed by atoms with Crippen molar-refractivity contribution in [2.45, 2.75) is 51.5 Å². The number of H-pyrrole nitrogens is 1.